The molecule has 0 bridgehead atoms. The summed E-state index contributed by atoms with van der Waals surface area (Å²) >= 11 is 5.35. The van der Waals surface area contributed by atoms with E-state index in [1.807, 2.05) is 0 Å². The quantitative estimate of drug-likeness (QED) is 0.414. The van der Waals surface area contributed by atoms with Crippen LogP contribution < -0.4 is 15.9 Å². The third-order valence-corrected chi connectivity index (χ3v) is 5.49. The van der Waals surface area contributed by atoms with Crippen LogP contribution in [0.1, 0.15) is 0 Å². The Kier molecular flexibility index (Phi) is 7.34. The van der Waals surface area contributed by atoms with Crippen LogP contribution in [-0.4, -0.2) is 0 Å². The maximum absolute atomic E-state index is 2.79. The second-order valence-electron chi connectivity index (χ2n) is 4.34. The Bertz CT molecular complexity index is 535. The Hall–Kier alpha value is -0.768. The molecule has 109 valence electrons. The molecule has 3 aromatic carbocycles. The van der Waals surface area contributed by atoms with Crippen LogP contribution in [0.25, 0.3) is 0 Å². The molecule has 0 nitrogen and oxygen atoms in total. The maximum atomic E-state index is 2.79. The number of rotatable bonds is 3. The standard InChI is InChI=1S/C18H15P.BrH.Pd/c1-4-10-16(11-5-1)19(17-12-6-2-7-13-17)18-14-8-3-9-15-18;;/h1-15H;1H;/q;;+1/p-1. The molecule has 0 N–H and O–H groups in total. The maximum Gasteiger partial charge on any atom is -0.0134 e. The molecule has 0 aliphatic heterocycles. The summed E-state index contributed by atoms with van der Waals surface area (Å²) in [6, 6.07) is 32.3. The van der Waals surface area contributed by atoms with Gasteiger partial charge < -0.3 is 0 Å². The van der Waals surface area contributed by atoms with Gasteiger partial charge in [0.2, 0.25) is 0 Å². The van der Waals surface area contributed by atoms with Gasteiger partial charge in [0.1, 0.15) is 0 Å². The molecule has 0 fully saturated rings. The molecule has 3 rings (SSSR count). The first-order valence-corrected chi connectivity index (χ1v) is 11.4. The van der Waals surface area contributed by atoms with E-state index in [4.69, 9.17) is 0 Å². The molecule has 0 spiro atoms. The van der Waals surface area contributed by atoms with E-state index in [0.29, 0.717) is 0 Å². The first-order valence-electron chi connectivity index (χ1n) is 6.52. The zero-order valence-electron chi connectivity index (χ0n) is 11.3. The number of halogens is 1. The molecule has 0 aliphatic carbocycles. The summed E-state index contributed by atoms with van der Waals surface area (Å²) in [5.74, 6) is 0. The van der Waals surface area contributed by atoms with Crippen molar-refractivity contribution in [3.8, 4) is 0 Å². The van der Waals surface area contributed by atoms with Gasteiger partial charge in [-0.1, -0.05) is 91.0 Å². The van der Waals surface area contributed by atoms with Gasteiger partial charge in [-0.05, 0) is 23.8 Å². The second-order valence-corrected chi connectivity index (χ2v) is 6.56. The minimum atomic E-state index is -0.446. The van der Waals surface area contributed by atoms with E-state index in [9.17, 15) is 0 Å². The minimum absolute atomic E-state index is 0.446. The van der Waals surface area contributed by atoms with Crippen LogP contribution in [0.15, 0.2) is 91.0 Å². The van der Waals surface area contributed by atoms with Crippen LogP contribution in [0.3, 0.4) is 0 Å². The monoisotopic (exact) mass is 447 g/mol. The fraction of sp³-hybridized carbons (Fsp3) is 0. The van der Waals surface area contributed by atoms with E-state index in [1.165, 1.54) is 15.9 Å². The molecular weight excluding hydrogens is 433 g/mol. The summed E-state index contributed by atoms with van der Waals surface area (Å²) < 4.78 is 0. The van der Waals surface area contributed by atoms with Crippen molar-refractivity contribution in [2.45, 2.75) is 0 Å². The molecule has 0 aliphatic rings. The molecule has 0 aromatic heterocycles. The van der Waals surface area contributed by atoms with Crippen LogP contribution in [-0.2, 0) is 17.2 Å². The average molecular weight is 449 g/mol. The molecule has 0 saturated heterocycles. The minimum Gasteiger partial charge on any atom is -0.0622 e. The van der Waals surface area contributed by atoms with Crippen LogP contribution in [0.2, 0.25) is 0 Å². The molecule has 21 heavy (non-hydrogen) atoms. The van der Waals surface area contributed by atoms with Gasteiger partial charge in [0, 0.05) is 0 Å². The van der Waals surface area contributed by atoms with E-state index in [2.05, 4.69) is 122 Å². The largest absolute Gasteiger partial charge is 0.0622 e. The second kappa shape index (κ2) is 9.29. The van der Waals surface area contributed by atoms with Gasteiger partial charge in [0.05, 0.1) is 0 Å². The van der Waals surface area contributed by atoms with Gasteiger partial charge in [0.25, 0.3) is 0 Å². The van der Waals surface area contributed by atoms with Crippen molar-refractivity contribution in [3.63, 3.8) is 0 Å². The zero-order valence-corrected chi connectivity index (χ0v) is 15.3. The van der Waals surface area contributed by atoms with Crippen molar-refractivity contribution in [2.24, 2.45) is 0 Å². The van der Waals surface area contributed by atoms with Gasteiger partial charge in [-0.2, -0.15) is 0 Å². The van der Waals surface area contributed by atoms with Crippen molar-refractivity contribution in [3.05, 3.63) is 91.0 Å². The predicted molar refractivity (Wildman–Crippen MR) is 94.1 cm³/mol. The molecule has 0 radical (unpaired) electrons. The first-order chi connectivity index (χ1) is 10.4. The molecule has 0 heterocycles. The van der Waals surface area contributed by atoms with Crippen molar-refractivity contribution in [2.75, 3.05) is 0 Å². The zero-order chi connectivity index (χ0) is 14.9. The van der Waals surface area contributed by atoms with E-state index in [-0.39, 0.29) is 0 Å². The third kappa shape index (κ3) is 4.60. The summed E-state index contributed by atoms with van der Waals surface area (Å²) in [6.07, 6.45) is 0. The average Bonchev–Trinajstić information content (AvgIpc) is 2.60. The van der Waals surface area contributed by atoms with Gasteiger partial charge in [-0.3, -0.25) is 0 Å². The molecular formula is C18H15BrPPd. The molecule has 0 unspecified atom stereocenters. The van der Waals surface area contributed by atoms with E-state index >= 15 is 0 Å². The van der Waals surface area contributed by atoms with Gasteiger partial charge in [-0.15, -0.1) is 0 Å². The van der Waals surface area contributed by atoms with E-state index in [1.54, 1.807) is 0 Å². The summed E-state index contributed by atoms with van der Waals surface area (Å²) in [6.45, 7) is 0. The van der Waals surface area contributed by atoms with Gasteiger partial charge in [-0.25, -0.2) is 0 Å². The van der Waals surface area contributed by atoms with Crippen LogP contribution in [0.5, 0.6) is 0 Å². The van der Waals surface area contributed by atoms with Crippen LogP contribution in [0, 0.1) is 0 Å². The van der Waals surface area contributed by atoms with Gasteiger partial charge >= 0.3 is 30.6 Å². The first kappa shape index (κ1) is 16.6. The molecule has 0 atom stereocenters. The third-order valence-electron chi connectivity index (χ3n) is 3.04. The fourth-order valence-electron chi connectivity index (χ4n) is 2.18. The SMILES string of the molecule is [Br][Pd].c1ccc(P(c2ccccc2)c2ccccc2)cc1. The predicted octanol–water partition coefficient (Wildman–Crippen LogP) is 4.29. The summed E-state index contributed by atoms with van der Waals surface area (Å²) in [5.41, 5.74) is 0. The fourth-order valence-corrected chi connectivity index (χ4v) is 4.48. The van der Waals surface area contributed by atoms with Crippen molar-refractivity contribution >= 4 is 37.3 Å². The Balaban J connectivity index is 0.000000774. The number of hydrogen-bond donors (Lipinski definition) is 0. The van der Waals surface area contributed by atoms with Crippen molar-refractivity contribution in [1.29, 1.82) is 0 Å². The smallest absolute Gasteiger partial charge is 0.0134 e. The Morgan fingerprint density at radius 3 is 0.952 bits per heavy atom. The molecule has 3 heteroatoms. The van der Waals surface area contributed by atoms with Gasteiger partial charge in [0.15, 0.2) is 0 Å². The topological polar surface area (TPSA) is 0 Å². The van der Waals surface area contributed by atoms with Crippen molar-refractivity contribution in [1.82, 2.24) is 0 Å². The van der Waals surface area contributed by atoms with Crippen molar-refractivity contribution < 1.29 is 17.2 Å². The summed E-state index contributed by atoms with van der Waals surface area (Å²) in [4.78, 5) is 0. The van der Waals surface area contributed by atoms with Crippen LogP contribution >= 0.6 is 21.4 Å². The van der Waals surface area contributed by atoms with Crippen LogP contribution in [0.4, 0.5) is 0 Å². The Morgan fingerprint density at radius 2 is 0.714 bits per heavy atom. The Labute approximate surface area is 145 Å². The number of benzene rings is 3. The number of hydrogen-bond acceptors (Lipinski definition) is 0. The molecule has 0 amide bonds. The normalized spacial score (nSPS) is 9.90. The van der Waals surface area contributed by atoms with E-state index in [0.717, 1.165) is 0 Å². The van der Waals surface area contributed by atoms with E-state index < -0.39 is 7.92 Å². The molecule has 3 aromatic rings. The summed E-state index contributed by atoms with van der Waals surface area (Å²) in [7, 11) is -0.446. The summed E-state index contributed by atoms with van der Waals surface area (Å²) in [5, 5.41) is 4.19. The Morgan fingerprint density at radius 1 is 0.476 bits per heavy atom. The molecule has 0 saturated carbocycles.